The second-order valence-corrected chi connectivity index (χ2v) is 4.58. The highest BCUT2D eigenvalue weighted by Gasteiger charge is 2.21. The van der Waals surface area contributed by atoms with E-state index < -0.39 is 5.97 Å². The van der Waals surface area contributed by atoms with E-state index in [1.807, 2.05) is 6.92 Å². The molecule has 0 N–H and O–H groups in total. The predicted octanol–water partition coefficient (Wildman–Crippen LogP) is 2.41. The van der Waals surface area contributed by atoms with Crippen molar-refractivity contribution in [1.82, 2.24) is 9.88 Å². The minimum atomic E-state index is -0.488. The van der Waals surface area contributed by atoms with E-state index in [1.165, 1.54) is 24.3 Å². The molecule has 1 amide bonds. The van der Waals surface area contributed by atoms with Gasteiger partial charge in [-0.2, -0.15) is 0 Å². The number of hydrogen-bond acceptors (Lipinski definition) is 4. The Labute approximate surface area is 121 Å². The van der Waals surface area contributed by atoms with Crippen molar-refractivity contribution in [2.24, 2.45) is 0 Å². The third kappa shape index (κ3) is 4.36. The summed E-state index contributed by atoms with van der Waals surface area (Å²) in [6, 6.07) is 1.38. The van der Waals surface area contributed by atoms with Crippen LogP contribution < -0.4 is 0 Å². The molecule has 0 bridgehead atoms. The molecule has 0 atom stereocenters. The van der Waals surface area contributed by atoms with E-state index >= 15 is 0 Å². The largest absolute Gasteiger partial charge is 0.468 e. The highest BCUT2D eigenvalue weighted by Crippen LogP contribution is 2.20. The van der Waals surface area contributed by atoms with Gasteiger partial charge in [-0.05, 0) is 12.5 Å². The van der Waals surface area contributed by atoms with Crippen LogP contribution in [0.25, 0.3) is 0 Å². The molecule has 0 saturated carbocycles. The van der Waals surface area contributed by atoms with Crippen LogP contribution in [0.1, 0.15) is 23.7 Å². The number of amides is 1. The van der Waals surface area contributed by atoms with Gasteiger partial charge in [0.25, 0.3) is 5.91 Å². The summed E-state index contributed by atoms with van der Waals surface area (Å²) < 4.78 is 4.56. The number of carbonyl (C=O) groups excluding carboxylic acids is 2. The summed E-state index contributed by atoms with van der Waals surface area (Å²) in [4.78, 5) is 28.7. The van der Waals surface area contributed by atoms with Gasteiger partial charge >= 0.3 is 5.97 Å². The predicted molar refractivity (Wildman–Crippen MR) is 72.5 cm³/mol. The van der Waals surface area contributed by atoms with Crippen LogP contribution in [0, 0.1) is 0 Å². The Balaban J connectivity index is 2.98. The number of carbonyl (C=O) groups is 2. The molecule has 1 aromatic heterocycles. The first-order valence-electron chi connectivity index (χ1n) is 5.66. The molecule has 19 heavy (non-hydrogen) atoms. The van der Waals surface area contributed by atoms with Crippen LogP contribution in [-0.4, -0.2) is 42.0 Å². The molecule has 7 heteroatoms. The van der Waals surface area contributed by atoms with Gasteiger partial charge in [-0.15, -0.1) is 0 Å². The molecule has 0 aliphatic rings. The molecule has 1 aromatic rings. The molecule has 1 heterocycles. The van der Waals surface area contributed by atoms with Crippen molar-refractivity contribution in [1.29, 1.82) is 0 Å². The van der Waals surface area contributed by atoms with Gasteiger partial charge in [0.15, 0.2) is 0 Å². The standard InChI is InChI=1S/C12H14Cl2N2O3/c1-3-4-16(7-11(17)19-2)12(18)8-5-10(14)15-6-9(8)13/h5-6H,3-4,7H2,1-2H3. The van der Waals surface area contributed by atoms with Crippen molar-refractivity contribution in [2.45, 2.75) is 13.3 Å². The molecular formula is C12H14Cl2N2O3. The van der Waals surface area contributed by atoms with E-state index in [1.54, 1.807) is 0 Å². The minimum Gasteiger partial charge on any atom is -0.468 e. The minimum absolute atomic E-state index is 0.126. The Morgan fingerprint density at radius 2 is 2.11 bits per heavy atom. The summed E-state index contributed by atoms with van der Waals surface area (Å²) in [7, 11) is 1.27. The van der Waals surface area contributed by atoms with Gasteiger partial charge in [0.05, 0.1) is 17.7 Å². The molecule has 0 radical (unpaired) electrons. The lowest BCUT2D eigenvalue weighted by atomic mass is 10.2. The number of methoxy groups -OCH3 is 1. The monoisotopic (exact) mass is 304 g/mol. The van der Waals surface area contributed by atoms with Crippen molar-refractivity contribution in [3.63, 3.8) is 0 Å². The quantitative estimate of drug-likeness (QED) is 0.619. The summed E-state index contributed by atoms with van der Waals surface area (Å²) >= 11 is 11.7. The molecule has 0 saturated heterocycles. The lowest BCUT2D eigenvalue weighted by Crippen LogP contribution is -2.37. The second kappa shape index (κ2) is 7.31. The zero-order valence-corrected chi connectivity index (χ0v) is 12.2. The highest BCUT2D eigenvalue weighted by atomic mass is 35.5. The molecular weight excluding hydrogens is 291 g/mol. The van der Waals surface area contributed by atoms with Gasteiger partial charge in [-0.25, -0.2) is 4.98 Å². The SMILES string of the molecule is CCCN(CC(=O)OC)C(=O)c1cc(Cl)ncc1Cl. The maximum atomic E-state index is 12.3. The summed E-state index contributed by atoms with van der Waals surface area (Å²) in [6.45, 7) is 2.20. The van der Waals surface area contributed by atoms with Crippen LogP contribution in [0.3, 0.4) is 0 Å². The third-order valence-corrected chi connectivity index (χ3v) is 2.89. The molecule has 0 aliphatic carbocycles. The first-order valence-corrected chi connectivity index (χ1v) is 6.42. The van der Waals surface area contributed by atoms with Crippen molar-refractivity contribution in [3.8, 4) is 0 Å². The van der Waals surface area contributed by atoms with Gasteiger partial charge in [-0.1, -0.05) is 30.1 Å². The molecule has 5 nitrogen and oxygen atoms in total. The zero-order chi connectivity index (χ0) is 14.4. The van der Waals surface area contributed by atoms with Crippen LogP contribution in [-0.2, 0) is 9.53 Å². The van der Waals surface area contributed by atoms with E-state index in [0.29, 0.717) is 13.0 Å². The van der Waals surface area contributed by atoms with E-state index in [0.717, 1.165) is 0 Å². The van der Waals surface area contributed by atoms with Crippen molar-refractivity contribution >= 4 is 35.1 Å². The van der Waals surface area contributed by atoms with E-state index in [-0.39, 0.29) is 28.2 Å². The molecule has 0 aromatic carbocycles. The average Bonchev–Trinajstić information content (AvgIpc) is 2.40. The van der Waals surface area contributed by atoms with Crippen LogP contribution >= 0.6 is 23.2 Å². The number of halogens is 2. The maximum absolute atomic E-state index is 12.3. The Morgan fingerprint density at radius 3 is 2.68 bits per heavy atom. The number of rotatable bonds is 5. The molecule has 0 aliphatic heterocycles. The first kappa shape index (κ1) is 15.7. The molecule has 104 valence electrons. The van der Waals surface area contributed by atoms with Gasteiger partial charge in [0.1, 0.15) is 11.7 Å². The number of esters is 1. The fourth-order valence-electron chi connectivity index (χ4n) is 1.49. The number of pyridine rings is 1. The van der Waals surface area contributed by atoms with Gasteiger partial charge in [-0.3, -0.25) is 9.59 Å². The van der Waals surface area contributed by atoms with E-state index in [4.69, 9.17) is 23.2 Å². The lowest BCUT2D eigenvalue weighted by Gasteiger charge is -2.21. The van der Waals surface area contributed by atoms with E-state index in [2.05, 4.69) is 9.72 Å². The number of hydrogen-bond donors (Lipinski definition) is 0. The molecule has 0 spiro atoms. The lowest BCUT2D eigenvalue weighted by molar-refractivity contribution is -0.141. The fourth-order valence-corrected chi connectivity index (χ4v) is 1.83. The number of nitrogens with zero attached hydrogens (tertiary/aromatic N) is 2. The van der Waals surface area contributed by atoms with Crippen LogP contribution in [0.4, 0.5) is 0 Å². The Bertz CT molecular complexity index is 480. The molecule has 0 unspecified atom stereocenters. The fraction of sp³-hybridized carbons (Fsp3) is 0.417. The van der Waals surface area contributed by atoms with Crippen molar-refractivity contribution in [3.05, 3.63) is 28.0 Å². The topological polar surface area (TPSA) is 59.5 Å². The Kier molecular flexibility index (Phi) is 6.05. The first-order chi connectivity index (χ1) is 8.99. The van der Waals surface area contributed by atoms with Gasteiger partial charge in [0, 0.05) is 12.7 Å². The summed E-state index contributed by atoms with van der Waals surface area (Å²) in [6.07, 6.45) is 2.01. The van der Waals surface area contributed by atoms with E-state index in [9.17, 15) is 9.59 Å². The second-order valence-electron chi connectivity index (χ2n) is 3.79. The van der Waals surface area contributed by atoms with Crippen LogP contribution in [0.5, 0.6) is 0 Å². The summed E-state index contributed by atoms with van der Waals surface area (Å²) in [5.41, 5.74) is 0.221. The smallest absolute Gasteiger partial charge is 0.325 e. The highest BCUT2D eigenvalue weighted by molar-refractivity contribution is 6.35. The maximum Gasteiger partial charge on any atom is 0.325 e. The molecule has 0 fully saturated rings. The van der Waals surface area contributed by atoms with Gasteiger partial charge in [0.2, 0.25) is 0 Å². The summed E-state index contributed by atoms with van der Waals surface area (Å²) in [5.74, 6) is -0.861. The zero-order valence-electron chi connectivity index (χ0n) is 10.7. The summed E-state index contributed by atoms with van der Waals surface area (Å²) in [5, 5.41) is 0.364. The molecule has 1 rings (SSSR count). The van der Waals surface area contributed by atoms with Crippen LogP contribution in [0.2, 0.25) is 10.2 Å². The van der Waals surface area contributed by atoms with Gasteiger partial charge < -0.3 is 9.64 Å². The Hall–Kier alpha value is -1.33. The van der Waals surface area contributed by atoms with Crippen LogP contribution in [0.15, 0.2) is 12.3 Å². The van der Waals surface area contributed by atoms with Crippen molar-refractivity contribution in [2.75, 3.05) is 20.2 Å². The average molecular weight is 305 g/mol. The normalized spacial score (nSPS) is 10.1. The third-order valence-electron chi connectivity index (χ3n) is 2.38. The van der Waals surface area contributed by atoms with Crippen molar-refractivity contribution < 1.29 is 14.3 Å². The number of aromatic nitrogens is 1. The Morgan fingerprint density at radius 1 is 1.42 bits per heavy atom. The number of ether oxygens (including phenoxy) is 1.